The maximum absolute atomic E-state index is 16.3. The zero-order valence-electron chi connectivity index (χ0n) is 23.3. The normalized spacial score (nSPS) is 19.2. The van der Waals surface area contributed by atoms with E-state index in [0.717, 1.165) is 19.4 Å². The first-order chi connectivity index (χ1) is 20.3. The predicted octanol–water partition coefficient (Wildman–Crippen LogP) is 3.51. The van der Waals surface area contributed by atoms with Crippen molar-refractivity contribution in [3.8, 4) is 29.1 Å². The summed E-state index contributed by atoms with van der Waals surface area (Å²) in [6.07, 6.45) is 2.16. The molecule has 3 aromatic rings. The summed E-state index contributed by atoms with van der Waals surface area (Å²) in [4.78, 5) is 30.2. The third-order valence-corrected chi connectivity index (χ3v) is 7.62. The molecule has 0 spiro atoms. The molecule has 12 nitrogen and oxygen atoms in total. The van der Waals surface area contributed by atoms with Crippen molar-refractivity contribution in [1.82, 2.24) is 24.8 Å². The number of halogens is 2. The molecular formula is C28H31F2N7O5. The van der Waals surface area contributed by atoms with Gasteiger partial charge in [-0.2, -0.15) is 15.2 Å². The van der Waals surface area contributed by atoms with Gasteiger partial charge in [0.15, 0.2) is 12.6 Å². The summed E-state index contributed by atoms with van der Waals surface area (Å²) >= 11 is 0. The molecule has 2 aliphatic heterocycles. The highest BCUT2D eigenvalue weighted by atomic mass is 19.1. The van der Waals surface area contributed by atoms with E-state index in [-0.39, 0.29) is 85.2 Å². The van der Waals surface area contributed by atoms with Crippen molar-refractivity contribution < 1.29 is 32.9 Å². The van der Waals surface area contributed by atoms with E-state index in [1.807, 2.05) is 13.1 Å². The number of hydrogen-bond donors (Lipinski definition) is 1. The van der Waals surface area contributed by atoms with Gasteiger partial charge in [0, 0.05) is 39.0 Å². The lowest BCUT2D eigenvalue weighted by atomic mass is 10.1. The molecule has 14 heteroatoms. The number of piperazine rings is 1. The van der Waals surface area contributed by atoms with Gasteiger partial charge >= 0.3 is 12.1 Å². The fourth-order valence-corrected chi connectivity index (χ4v) is 5.42. The molecule has 2 aliphatic rings. The number of benzene rings is 1. The largest absolute Gasteiger partial charge is 0.467 e. The Balaban J connectivity index is 1.60. The number of anilines is 1. The van der Waals surface area contributed by atoms with Crippen LogP contribution in [0.2, 0.25) is 0 Å². The van der Waals surface area contributed by atoms with Crippen LogP contribution in [0.4, 0.5) is 19.4 Å². The summed E-state index contributed by atoms with van der Waals surface area (Å²) in [5.74, 6) is -1.32. The van der Waals surface area contributed by atoms with Gasteiger partial charge in [0.25, 0.3) is 0 Å². The number of hydrogen-bond acceptors (Lipinski definition) is 10. The van der Waals surface area contributed by atoms with Crippen LogP contribution in [0.25, 0.3) is 22.2 Å². The highest BCUT2D eigenvalue weighted by Gasteiger charge is 2.33. The van der Waals surface area contributed by atoms with Crippen LogP contribution < -0.4 is 14.4 Å². The number of carbonyl (C=O) groups is 1. The molecule has 2 aromatic heterocycles. The number of ether oxygens (including phenoxy) is 3. The zero-order chi connectivity index (χ0) is 29.8. The molecule has 4 heterocycles. The lowest BCUT2D eigenvalue weighted by Gasteiger charge is -2.39. The van der Waals surface area contributed by atoms with Gasteiger partial charge in [-0.05, 0) is 38.6 Å². The molecule has 0 aliphatic carbocycles. The summed E-state index contributed by atoms with van der Waals surface area (Å²) < 4.78 is 47.8. The summed E-state index contributed by atoms with van der Waals surface area (Å²) in [6.45, 7) is 1.52. The van der Waals surface area contributed by atoms with Crippen LogP contribution >= 0.6 is 0 Å². The quantitative estimate of drug-likeness (QED) is 0.371. The van der Waals surface area contributed by atoms with Crippen LogP contribution in [0.1, 0.15) is 19.3 Å². The zero-order valence-corrected chi connectivity index (χ0v) is 23.3. The smallest absolute Gasteiger partial charge is 0.407 e. The first-order valence-corrected chi connectivity index (χ1v) is 13.5. The van der Waals surface area contributed by atoms with Gasteiger partial charge in [0.2, 0.25) is 0 Å². The molecule has 1 aromatic carbocycles. The topological polar surface area (TPSA) is 137 Å². The van der Waals surface area contributed by atoms with Crippen molar-refractivity contribution in [2.24, 2.45) is 0 Å². The molecule has 0 saturated carbocycles. The van der Waals surface area contributed by atoms with Gasteiger partial charge in [-0.1, -0.05) is 6.07 Å². The number of carboxylic acid groups (broad SMARTS) is 1. The number of fused-ring (bicyclic) bond motifs is 1. The highest BCUT2D eigenvalue weighted by molar-refractivity contribution is 5.92. The van der Waals surface area contributed by atoms with E-state index >= 15 is 8.78 Å². The van der Waals surface area contributed by atoms with E-state index in [2.05, 4.69) is 19.9 Å². The Kier molecular flexibility index (Phi) is 8.79. The van der Waals surface area contributed by atoms with Crippen LogP contribution in [0, 0.1) is 23.0 Å². The maximum Gasteiger partial charge on any atom is 0.407 e. The van der Waals surface area contributed by atoms with Crippen molar-refractivity contribution in [1.29, 1.82) is 5.26 Å². The van der Waals surface area contributed by atoms with Gasteiger partial charge < -0.3 is 34.0 Å². The standard InChI is InChI=1S/C28H31F2N7O5/c1-35-10-4-5-18(35)15-41-27-33-24-19(26(34-27)36-11-12-37(28(38)39)17(14-36)8-9-31)13-32-25(23(24)30)22-20(29)6-3-7-21(22)42-16-40-2/h3,6-7,13,17-18H,4-5,8,10-12,14-16H2,1-2H3,(H,38,39)/t17-,18?/m0/s1. The van der Waals surface area contributed by atoms with Crippen molar-refractivity contribution in [2.45, 2.75) is 31.3 Å². The second-order valence-corrected chi connectivity index (χ2v) is 10.2. The third-order valence-electron chi connectivity index (χ3n) is 7.62. The Hall–Kier alpha value is -4.35. The number of methoxy groups -OCH3 is 1. The Morgan fingerprint density at radius 3 is 2.74 bits per heavy atom. The Morgan fingerprint density at radius 2 is 2.02 bits per heavy atom. The minimum Gasteiger partial charge on any atom is -0.467 e. The molecule has 222 valence electrons. The number of amides is 1. The number of nitrogens with zero attached hydrogens (tertiary/aromatic N) is 7. The molecule has 1 N–H and O–H groups in total. The SMILES string of the molecule is COCOc1cccc(F)c1-c1ncc2c(N3CCN(C(=O)O)[C@@H](CC#N)C3)nc(OCC3CCCN3C)nc2c1F. The van der Waals surface area contributed by atoms with Crippen LogP contribution in [-0.4, -0.2) is 102 Å². The number of pyridine rings is 1. The lowest BCUT2D eigenvalue weighted by molar-refractivity contribution is 0.0513. The van der Waals surface area contributed by atoms with E-state index in [1.54, 1.807) is 4.90 Å². The molecule has 2 fully saturated rings. The van der Waals surface area contributed by atoms with E-state index in [0.29, 0.717) is 0 Å². The van der Waals surface area contributed by atoms with Gasteiger partial charge in [-0.25, -0.2) is 13.6 Å². The summed E-state index contributed by atoms with van der Waals surface area (Å²) in [7, 11) is 3.41. The fraction of sp³-hybridized carbons (Fsp3) is 0.464. The average Bonchev–Trinajstić information content (AvgIpc) is 3.39. The first-order valence-electron chi connectivity index (χ1n) is 13.5. The summed E-state index contributed by atoms with van der Waals surface area (Å²) in [5.41, 5.74) is -0.637. The Morgan fingerprint density at radius 1 is 1.19 bits per heavy atom. The monoisotopic (exact) mass is 583 g/mol. The van der Waals surface area contributed by atoms with Crippen molar-refractivity contribution >= 4 is 22.8 Å². The number of aromatic nitrogens is 3. The van der Waals surface area contributed by atoms with Crippen molar-refractivity contribution in [3.05, 3.63) is 36.0 Å². The molecule has 42 heavy (non-hydrogen) atoms. The minimum absolute atomic E-state index is 0.0303. The van der Waals surface area contributed by atoms with Gasteiger partial charge in [0.05, 0.1) is 29.5 Å². The molecule has 1 unspecified atom stereocenters. The Bertz CT molecular complexity index is 1500. The number of likely N-dealkylation sites (N-methyl/N-ethyl adjacent to an activating group) is 1. The lowest BCUT2D eigenvalue weighted by Crippen LogP contribution is -2.55. The second kappa shape index (κ2) is 12.7. The average molecular weight is 584 g/mol. The van der Waals surface area contributed by atoms with Crippen molar-refractivity contribution in [3.63, 3.8) is 0 Å². The predicted molar refractivity (Wildman–Crippen MR) is 147 cm³/mol. The van der Waals surface area contributed by atoms with Gasteiger partial charge in [-0.15, -0.1) is 0 Å². The molecule has 0 bridgehead atoms. The number of likely N-dealkylation sites (tertiary alicyclic amines) is 1. The maximum atomic E-state index is 16.3. The van der Waals surface area contributed by atoms with Crippen molar-refractivity contribution in [2.75, 3.05) is 58.6 Å². The minimum atomic E-state index is -1.12. The van der Waals surface area contributed by atoms with Gasteiger partial charge in [-0.3, -0.25) is 4.98 Å². The second-order valence-electron chi connectivity index (χ2n) is 10.2. The number of nitriles is 1. The molecule has 0 radical (unpaired) electrons. The molecule has 2 saturated heterocycles. The molecule has 5 rings (SSSR count). The molecule has 1 amide bonds. The first kappa shape index (κ1) is 29.2. The van der Waals surface area contributed by atoms with Crippen LogP contribution in [-0.2, 0) is 4.74 Å². The van der Waals surface area contributed by atoms with Crippen LogP contribution in [0.3, 0.4) is 0 Å². The van der Waals surface area contributed by atoms with Gasteiger partial charge in [0.1, 0.15) is 35.2 Å². The van der Waals surface area contributed by atoms with E-state index in [1.165, 1.54) is 36.4 Å². The molecular weight excluding hydrogens is 552 g/mol. The Labute approximate surface area is 241 Å². The van der Waals surface area contributed by atoms with E-state index in [9.17, 15) is 15.2 Å². The highest BCUT2D eigenvalue weighted by Crippen LogP contribution is 2.37. The van der Waals surface area contributed by atoms with E-state index < -0.39 is 23.8 Å². The fourth-order valence-electron chi connectivity index (χ4n) is 5.42. The van der Waals surface area contributed by atoms with E-state index in [4.69, 9.17) is 14.2 Å². The molecule has 2 atom stereocenters. The number of rotatable bonds is 9. The van der Waals surface area contributed by atoms with Crippen LogP contribution in [0.5, 0.6) is 11.8 Å². The third kappa shape index (κ3) is 5.83. The summed E-state index contributed by atoms with van der Waals surface area (Å²) in [5, 5.41) is 19.2. The summed E-state index contributed by atoms with van der Waals surface area (Å²) in [6, 6.07) is 5.57. The van der Waals surface area contributed by atoms with Crippen LogP contribution in [0.15, 0.2) is 24.4 Å².